The first-order chi connectivity index (χ1) is 8.24. The lowest BCUT2D eigenvalue weighted by Crippen LogP contribution is -2.22. The molecule has 0 aliphatic heterocycles. The second-order valence-corrected chi connectivity index (χ2v) is 4.71. The molecular formula is C13H15BrN2O. The molecule has 0 aliphatic carbocycles. The van der Waals surface area contributed by atoms with Gasteiger partial charge >= 0.3 is 0 Å². The van der Waals surface area contributed by atoms with Crippen molar-refractivity contribution >= 4 is 15.9 Å². The maximum absolute atomic E-state index is 5.55. The van der Waals surface area contributed by atoms with E-state index in [1.54, 1.807) is 12.5 Å². The van der Waals surface area contributed by atoms with Crippen molar-refractivity contribution in [2.75, 3.05) is 6.54 Å². The third-order valence-corrected chi connectivity index (χ3v) is 3.36. The molecule has 0 radical (unpaired) electrons. The summed E-state index contributed by atoms with van der Waals surface area (Å²) in [6, 6.07) is 3.96. The van der Waals surface area contributed by atoms with E-state index in [9.17, 15) is 0 Å². The Morgan fingerprint density at radius 2 is 2.29 bits per heavy atom. The molecule has 1 unspecified atom stereocenters. The fraction of sp³-hybridized carbons (Fsp3) is 0.308. The van der Waals surface area contributed by atoms with Crippen LogP contribution in [0.5, 0.6) is 0 Å². The van der Waals surface area contributed by atoms with Crippen molar-refractivity contribution < 1.29 is 4.42 Å². The zero-order chi connectivity index (χ0) is 12.3. The van der Waals surface area contributed by atoms with Crippen molar-refractivity contribution in [2.24, 2.45) is 0 Å². The van der Waals surface area contributed by atoms with Crippen LogP contribution in [0.2, 0.25) is 0 Å². The summed E-state index contributed by atoms with van der Waals surface area (Å²) >= 11 is 3.50. The van der Waals surface area contributed by atoms with Crippen LogP contribution in [0.3, 0.4) is 0 Å². The molecule has 0 saturated carbocycles. The Morgan fingerprint density at radius 1 is 1.47 bits per heavy atom. The zero-order valence-corrected chi connectivity index (χ0v) is 11.5. The lowest BCUT2D eigenvalue weighted by molar-refractivity contribution is 0.448. The molecule has 2 aromatic rings. The molecule has 1 atom stereocenters. The summed E-state index contributed by atoms with van der Waals surface area (Å²) in [5, 5.41) is 3.42. The van der Waals surface area contributed by atoms with E-state index in [-0.39, 0.29) is 6.04 Å². The molecule has 0 bridgehead atoms. The van der Waals surface area contributed by atoms with Crippen molar-refractivity contribution in [3.8, 4) is 0 Å². The van der Waals surface area contributed by atoms with Gasteiger partial charge in [0.15, 0.2) is 0 Å². The van der Waals surface area contributed by atoms with E-state index in [0.29, 0.717) is 0 Å². The van der Waals surface area contributed by atoms with Crippen molar-refractivity contribution in [3.63, 3.8) is 0 Å². The van der Waals surface area contributed by atoms with Crippen LogP contribution in [0.4, 0.5) is 0 Å². The minimum Gasteiger partial charge on any atom is -0.466 e. The third-order valence-electron chi connectivity index (χ3n) is 2.71. The van der Waals surface area contributed by atoms with E-state index in [4.69, 9.17) is 4.42 Å². The summed E-state index contributed by atoms with van der Waals surface area (Å²) in [6.45, 7) is 5.03. The van der Waals surface area contributed by atoms with Gasteiger partial charge in [-0.3, -0.25) is 4.98 Å². The maximum Gasteiger partial charge on any atom is 0.139 e. The van der Waals surface area contributed by atoms with Gasteiger partial charge in [-0.15, -0.1) is 0 Å². The molecule has 0 fully saturated rings. The van der Waals surface area contributed by atoms with E-state index in [2.05, 4.69) is 40.1 Å². The van der Waals surface area contributed by atoms with Crippen molar-refractivity contribution in [1.82, 2.24) is 10.3 Å². The predicted molar refractivity (Wildman–Crippen MR) is 70.9 cm³/mol. The predicted octanol–water partition coefficient (Wildman–Crippen LogP) is 3.44. The number of aromatic nitrogens is 1. The number of halogens is 1. The Morgan fingerprint density at radius 3 is 2.88 bits per heavy atom. The van der Waals surface area contributed by atoms with Crippen LogP contribution in [-0.2, 0) is 0 Å². The Bertz CT molecular complexity index is 496. The molecule has 0 aromatic carbocycles. The highest BCUT2D eigenvalue weighted by molar-refractivity contribution is 9.10. The number of hydrogen-bond donors (Lipinski definition) is 1. The zero-order valence-electron chi connectivity index (χ0n) is 9.90. The number of rotatable bonds is 4. The molecule has 2 aromatic heterocycles. The fourth-order valence-electron chi connectivity index (χ4n) is 1.84. The highest BCUT2D eigenvalue weighted by Crippen LogP contribution is 2.30. The van der Waals surface area contributed by atoms with Gasteiger partial charge < -0.3 is 9.73 Å². The van der Waals surface area contributed by atoms with Gasteiger partial charge in [-0.2, -0.15) is 0 Å². The highest BCUT2D eigenvalue weighted by Gasteiger charge is 2.20. The van der Waals surface area contributed by atoms with Gasteiger partial charge in [0.05, 0.1) is 16.8 Å². The molecule has 0 amide bonds. The van der Waals surface area contributed by atoms with Crippen LogP contribution in [0.1, 0.15) is 29.9 Å². The third kappa shape index (κ3) is 2.58. The van der Waals surface area contributed by atoms with Crippen molar-refractivity contribution in [3.05, 3.63) is 52.1 Å². The highest BCUT2D eigenvalue weighted by atomic mass is 79.9. The van der Waals surface area contributed by atoms with Gasteiger partial charge in [0.1, 0.15) is 5.76 Å². The van der Waals surface area contributed by atoms with Crippen molar-refractivity contribution in [1.29, 1.82) is 0 Å². The van der Waals surface area contributed by atoms with Crippen molar-refractivity contribution in [2.45, 2.75) is 19.9 Å². The number of pyridine rings is 1. The molecule has 2 rings (SSSR count). The largest absolute Gasteiger partial charge is 0.466 e. The van der Waals surface area contributed by atoms with Gasteiger partial charge in [0.25, 0.3) is 0 Å². The Labute approximate surface area is 109 Å². The molecule has 0 spiro atoms. The molecule has 0 aliphatic rings. The normalized spacial score (nSPS) is 12.6. The number of furan rings is 1. The average molecular weight is 295 g/mol. The summed E-state index contributed by atoms with van der Waals surface area (Å²) in [6.07, 6.45) is 5.38. The Balaban J connectivity index is 2.43. The topological polar surface area (TPSA) is 38.1 Å². The minimum atomic E-state index is 0.0399. The van der Waals surface area contributed by atoms with Crippen LogP contribution in [0.25, 0.3) is 0 Å². The minimum absolute atomic E-state index is 0.0399. The lowest BCUT2D eigenvalue weighted by atomic mass is 10.0. The second-order valence-electron chi connectivity index (χ2n) is 3.86. The van der Waals surface area contributed by atoms with E-state index >= 15 is 0 Å². The van der Waals surface area contributed by atoms with E-state index in [1.807, 2.05) is 18.3 Å². The lowest BCUT2D eigenvalue weighted by Gasteiger charge is -2.18. The van der Waals surface area contributed by atoms with Gasteiger partial charge in [0, 0.05) is 12.4 Å². The Kier molecular flexibility index (Phi) is 3.97. The van der Waals surface area contributed by atoms with Gasteiger partial charge in [-0.1, -0.05) is 6.92 Å². The Hall–Kier alpha value is -1.13. The second kappa shape index (κ2) is 5.47. The quantitative estimate of drug-likeness (QED) is 0.939. The first-order valence-corrected chi connectivity index (χ1v) is 6.40. The molecule has 90 valence electrons. The van der Waals surface area contributed by atoms with E-state index in [1.165, 1.54) is 5.56 Å². The van der Waals surface area contributed by atoms with Crippen LogP contribution < -0.4 is 5.32 Å². The maximum atomic E-state index is 5.55. The first kappa shape index (κ1) is 12.3. The number of aryl methyl sites for hydroxylation is 1. The molecule has 2 heterocycles. The molecule has 4 heteroatoms. The molecule has 17 heavy (non-hydrogen) atoms. The monoisotopic (exact) mass is 294 g/mol. The number of nitrogens with zero attached hydrogens (tertiary/aromatic N) is 1. The average Bonchev–Trinajstić information content (AvgIpc) is 2.74. The van der Waals surface area contributed by atoms with Crippen LogP contribution in [-0.4, -0.2) is 11.5 Å². The summed E-state index contributed by atoms with van der Waals surface area (Å²) in [5.74, 6) is 0.892. The summed E-state index contributed by atoms with van der Waals surface area (Å²) in [4.78, 5) is 4.19. The van der Waals surface area contributed by atoms with E-state index < -0.39 is 0 Å². The molecule has 3 nitrogen and oxygen atoms in total. The van der Waals surface area contributed by atoms with Gasteiger partial charge in [-0.25, -0.2) is 0 Å². The molecular weight excluding hydrogens is 280 g/mol. The standard InChI is InChI=1S/C13H15BrN2O/c1-3-16-12(13-11(14)5-7-17-13)10-8-15-6-4-9(10)2/h4-8,12,16H,3H2,1-2H3. The first-order valence-electron chi connectivity index (χ1n) is 5.60. The number of nitrogens with one attached hydrogen (secondary N) is 1. The summed E-state index contributed by atoms with van der Waals surface area (Å²) in [7, 11) is 0. The summed E-state index contributed by atoms with van der Waals surface area (Å²) < 4.78 is 6.53. The number of hydrogen-bond acceptors (Lipinski definition) is 3. The van der Waals surface area contributed by atoms with Crippen LogP contribution in [0, 0.1) is 6.92 Å². The van der Waals surface area contributed by atoms with E-state index in [0.717, 1.165) is 22.3 Å². The molecule has 1 N–H and O–H groups in total. The fourth-order valence-corrected chi connectivity index (χ4v) is 2.27. The van der Waals surface area contributed by atoms with Crippen LogP contribution in [0.15, 0.2) is 39.7 Å². The SMILES string of the molecule is CCNC(c1cnccc1C)c1occc1Br. The summed E-state index contributed by atoms with van der Waals surface area (Å²) in [5.41, 5.74) is 2.35. The van der Waals surface area contributed by atoms with Gasteiger partial charge in [-0.05, 0) is 52.7 Å². The van der Waals surface area contributed by atoms with Crippen LogP contribution >= 0.6 is 15.9 Å². The van der Waals surface area contributed by atoms with Gasteiger partial charge in [0.2, 0.25) is 0 Å². The molecule has 0 saturated heterocycles. The smallest absolute Gasteiger partial charge is 0.139 e.